The number of anilines is 4. The second-order valence-corrected chi connectivity index (χ2v) is 9.82. The Bertz CT molecular complexity index is 1150. The average molecular weight is 480 g/mol. The van der Waals surface area contributed by atoms with Crippen LogP contribution in [0.4, 0.5) is 27.7 Å². The lowest BCUT2D eigenvalue weighted by Crippen LogP contribution is -2.48. The van der Waals surface area contributed by atoms with E-state index in [2.05, 4.69) is 73.4 Å². The van der Waals surface area contributed by atoms with E-state index in [1.165, 1.54) is 6.20 Å². The summed E-state index contributed by atoms with van der Waals surface area (Å²) in [5.74, 6) is 0.823. The van der Waals surface area contributed by atoms with E-state index in [9.17, 15) is 4.39 Å². The van der Waals surface area contributed by atoms with Crippen molar-refractivity contribution in [2.75, 3.05) is 47.8 Å². The summed E-state index contributed by atoms with van der Waals surface area (Å²) in [6.07, 6.45) is 5.73. The molecule has 0 saturated carbocycles. The Kier molecular flexibility index (Phi) is 6.55. The predicted octanol–water partition coefficient (Wildman–Crippen LogP) is 3.62. The fourth-order valence-electron chi connectivity index (χ4n) is 4.83. The van der Waals surface area contributed by atoms with E-state index in [-0.39, 0.29) is 0 Å². The molecule has 1 N–H and O–H groups in total. The Balaban J connectivity index is 1.27. The number of imidazole rings is 1. The van der Waals surface area contributed by atoms with E-state index in [4.69, 9.17) is 0 Å². The first-order valence-corrected chi connectivity index (χ1v) is 12.4. The average Bonchev–Trinajstić information content (AvgIpc) is 3.29. The zero-order valence-corrected chi connectivity index (χ0v) is 20.9. The second kappa shape index (κ2) is 9.77. The first-order chi connectivity index (χ1) is 16.9. The van der Waals surface area contributed by atoms with Crippen molar-refractivity contribution in [3.05, 3.63) is 48.1 Å². The van der Waals surface area contributed by atoms with Gasteiger partial charge in [0.15, 0.2) is 11.6 Å². The molecular formula is C25H34FN9. The van der Waals surface area contributed by atoms with Gasteiger partial charge in [0.2, 0.25) is 5.95 Å². The highest BCUT2D eigenvalue weighted by molar-refractivity contribution is 5.55. The molecule has 5 heterocycles. The summed E-state index contributed by atoms with van der Waals surface area (Å²) in [5, 5.41) is 3.14. The molecule has 0 spiro atoms. The number of piperazine rings is 1. The molecule has 1 saturated heterocycles. The summed E-state index contributed by atoms with van der Waals surface area (Å²) in [5.41, 5.74) is 3.30. The number of rotatable bonds is 6. The van der Waals surface area contributed by atoms with Crippen molar-refractivity contribution >= 4 is 23.3 Å². The van der Waals surface area contributed by atoms with Crippen LogP contribution < -0.4 is 15.1 Å². The maximum Gasteiger partial charge on any atom is 0.230 e. The lowest BCUT2D eigenvalue weighted by molar-refractivity contribution is 0.209. The normalized spacial score (nSPS) is 16.8. The largest absolute Gasteiger partial charge is 0.368 e. The SMILES string of the molecule is CC(C)N1CCN(c2ccc(Nc3ncc(F)c(N4CCc5ncn(C(C)C)c5C4)n3)nc2)CC1. The minimum atomic E-state index is -0.432. The van der Waals surface area contributed by atoms with Crippen LogP contribution in [0.25, 0.3) is 0 Å². The van der Waals surface area contributed by atoms with Crippen LogP contribution in [0.3, 0.4) is 0 Å². The predicted molar refractivity (Wildman–Crippen MR) is 136 cm³/mol. The van der Waals surface area contributed by atoms with Gasteiger partial charge in [-0.15, -0.1) is 0 Å². The standard InChI is InChI=1S/C25H34FN9/c1-17(2)32-9-11-33(12-10-32)19-5-6-23(27-13-19)30-25-28-14-20(26)24(31-25)34-8-7-21-22(15-34)35(16-29-21)18(3)4/h5-6,13-14,16-18H,7-12,15H2,1-4H3,(H,27,28,30,31). The summed E-state index contributed by atoms with van der Waals surface area (Å²) in [4.78, 5) is 24.5. The molecule has 0 radical (unpaired) electrons. The Morgan fingerprint density at radius 3 is 2.37 bits per heavy atom. The molecular weight excluding hydrogens is 445 g/mol. The highest BCUT2D eigenvalue weighted by Crippen LogP contribution is 2.27. The number of nitrogens with zero attached hydrogens (tertiary/aromatic N) is 8. The summed E-state index contributed by atoms with van der Waals surface area (Å²) in [6.45, 7) is 14.0. The highest BCUT2D eigenvalue weighted by atomic mass is 19.1. The molecule has 2 aliphatic heterocycles. The van der Waals surface area contributed by atoms with Gasteiger partial charge in [0.05, 0.1) is 42.3 Å². The molecule has 10 heteroatoms. The summed E-state index contributed by atoms with van der Waals surface area (Å²) in [6, 6.07) is 4.85. The van der Waals surface area contributed by atoms with E-state index >= 15 is 0 Å². The Labute approximate surface area is 206 Å². The zero-order valence-electron chi connectivity index (χ0n) is 20.9. The van der Waals surface area contributed by atoms with E-state index in [1.807, 2.05) is 23.5 Å². The quantitative estimate of drug-likeness (QED) is 0.574. The molecule has 0 aliphatic carbocycles. The number of halogens is 1. The van der Waals surface area contributed by atoms with Crippen LogP contribution in [-0.4, -0.2) is 68.2 Å². The molecule has 186 valence electrons. The van der Waals surface area contributed by atoms with Crippen molar-refractivity contribution in [3.8, 4) is 0 Å². The Morgan fingerprint density at radius 1 is 0.886 bits per heavy atom. The lowest BCUT2D eigenvalue weighted by atomic mass is 10.1. The summed E-state index contributed by atoms with van der Waals surface area (Å²) < 4.78 is 16.9. The van der Waals surface area contributed by atoms with Gasteiger partial charge in [0.1, 0.15) is 5.82 Å². The minimum absolute atomic E-state index is 0.296. The molecule has 5 rings (SSSR count). The Morgan fingerprint density at radius 2 is 1.69 bits per heavy atom. The fourth-order valence-corrected chi connectivity index (χ4v) is 4.83. The van der Waals surface area contributed by atoms with Crippen molar-refractivity contribution in [2.24, 2.45) is 0 Å². The van der Waals surface area contributed by atoms with Gasteiger partial charge in [-0.1, -0.05) is 0 Å². The lowest BCUT2D eigenvalue weighted by Gasteiger charge is -2.38. The number of hydrogen-bond acceptors (Lipinski definition) is 8. The third kappa shape index (κ3) is 4.93. The zero-order chi connectivity index (χ0) is 24.5. The molecule has 0 atom stereocenters. The second-order valence-electron chi connectivity index (χ2n) is 9.82. The van der Waals surface area contributed by atoms with Crippen molar-refractivity contribution in [3.63, 3.8) is 0 Å². The molecule has 0 aromatic carbocycles. The van der Waals surface area contributed by atoms with Crippen molar-refractivity contribution < 1.29 is 4.39 Å². The van der Waals surface area contributed by atoms with Gasteiger partial charge in [0.25, 0.3) is 0 Å². The minimum Gasteiger partial charge on any atom is -0.368 e. The van der Waals surface area contributed by atoms with E-state index in [0.29, 0.717) is 42.8 Å². The molecule has 9 nitrogen and oxygen atoms in total. The number of fused-ring (bicyclic) bond motifs is 1. The maximum absolute atomic E-state index is 14.7. The number of hydrogen-bond donors (Lipinski definition) is 1. The van der Waals surface area contributed by atoms with Crippen LogP contribution in [0.5, 0.6) is 0 Å². The fraction of sp³-hybridized carbons (Fsp3) is 0.520. The molecule has 35 heavy (non-hydrogen) atoms. The topological polar surface area (TPSA) is 78.2 Å². The van der Waals surface area contributed by atoms with Crippen LogP contribution in [0.15, 0.2) is 30.9 Å². The van der Waals surface area contributed by atoms with Crippen LogP contribution in [0.1, 0.15) is 45.1 Å². The van der Waals surface area contributed by atoms with Crippen LogP contribution >= 0.6 is 0 Å². The molecule has 3 aromatic rings. The van der Waals surface area contributed by atoms with Gasteiger partial charge in [-0.3, -0.25) is 4.90 Å². The van der Waals surface area contributed by atoms with Gasteiger partial charge >= 0.3 is 0 Å². The van der Waals surface area contributed by atoms with E-state index < -0.39 is 5.82 Å². The third-order valence-electron chi connectivity index (χ3n) is 6.92. The Hall–Kier alpha value is -3.27. The van der Waals surface area contributed by atoms with Gasteiger partial charge in [0, 0.05) is 51.2 Å². The molecule has 0 amide bonds. The van der Waals surface area contributed by atoms with Crippen molar-refractivity contribution in [1.29, 1.82) is 0 Å². The van der Waals surface area contributed by atoms with Gasteiger partial charge in [-0.05, 0) is 39.8 Å². The summed E-state index contributed by atoms with van der Waals surface area (Å²) in [7, 11) is 0. The maximum atomic E-state index is 14.7. The first-order valence-electron chi connectivity index (χ1n) is 12.4. The number of pyridine rings is 1. The number of aromatic nitrogens is 5. The van der Waals surface area contributed by atoms with Crippen LogP contribution in [0.2, 0.25) is 0 Å². The van der Waals surface area contributed by atoms with E-state index in [1.54, 1.807) is 0 Å². The van der Waals surface area contributed by atoms with Crippen molar-refractivity contribution in [2.45, 2.75) is 52.7 Å². The molecule has 0 bridgehead atoms. The molecule has 1 fully saturated rings. The van der Waals surface area contributed by atoms with Gasteiger partial charge in [-0.2, -0.15) is 4.98 Å². The third-order valence-corrected chi connectivity index (χ3v) is 6.92. The molecule has 2 aliphatic rings. The van der Waals surface area contributed by atoms with E-state index in [0.717, 1.165) is 49.7 Å². The van der Waals surface area contributed by atoms with Crippen LogP contribution in [0, 0.1) is 5.82 Å². The molecule has 3 aromatic heterocycles. The summed E-state index contributed by atoms with van der Waals surface area (Å²) >= 11 is 0. The van der Waals surface area contributed by atoms with Crippen molar-refractivity contribution in [1.82, 2.24) is 29.4 Å². The monoisotopic (exact) mass is 479 g/mol. The first kappa shape index (κ1) is 23.5. The highest BCUT2D eigenvalue weighted by Gasteiger charge is 2.25. The number of nitrogens with one attached hydrogen (secondary N) is 1. The smallest absolute Gasteiger partial charge is 0.230 e. The van der Waals surface area contributed by atoms with Crippen LogP contribution in [-0.2, 0) is 13.0 Å². The van der Waals surface area contributed by atoms with Gasteiger partial charge < -0.3 is 19.7 Å². The van der Waals surface area contributed by atoms with Gasteiger partial charge in [-0.25, -0.2) is 19.3 Å². The molecule has 0 unspecified atom stereocenters.